The van der Waals surface area contributed by atoms with Gasteiger partial charge in [0, 0.05) is 14.2 Å². The molecule has 0 spiro atoms. The Morgan fingerprint density at radius 3 is 1.95 bits per heavy atom. The molecule has 0 fully saturated rings. The van der Waals surface area contributed by atoms with Gasteiger partial charge < -0.3 is 18.9 Å². The molecule has 0 radical (unpaired) electrons. The van der Waals surface area contributed by atoms with E-state index in [2.05, 4.69) is 18.9 Å². The SMILES string of the molecule is COCCOC(=O)CC(C(=O)OCCOC)S(=O)(=O)O. The molecule has 0 rings (SSSR count). The van der Waals surface area contributed by atoms with Crippen molar-refractivity contribution >= 4 is 22.1 Å². The lowest BCUT2D eigenvalue weighted by molar-refractivity contribution is -0.151. The van der Waals surface area contributed by atoms with E-state index in [1.165, 1.54) is 14.2 Å². The minimum Gasteiger partial charge on any atom is -0.463 e. The quantitative estimate of drug-likeness (QED) is 0.307. The van der Waals surface area contributed by atoms with E-state index in [9.17, 15) is 18.0 Å². The predicted molar refractivity (Wildman–Crippen MR) is 65.6 cm³/mol. The number of rotatable bonds is 10. The summed E-state index contributed by atoms with van der Waals surface area (Å²) < 4.78 is 49.5. The molecule has 0 amide bonds. The topological polar surface area (TPSA) is 125 Å². The summed E-state index contributed by atoms with van der Waals surface area (Å²) in [5.74, 6) is -2.21. The van der Waals surface area contributed by atoms with Crippen LogP contribution < -0.4 is 0 Å². The van der Waals surface area contributed by atoms with Crippen molar-refractivity contribution in [3.05, 3.63) is 0 Å². The summed E-state index contributed by atoms with van der Waals surface area (Å²) in [6.07, 6.45) is -0.839. The van der Waals surface area contributed by atoms with Crippen LogP contribution in [0.5, 0.6) is 0 Å². The van der Waals surface area contributed by atoms with E-state index < -0.39 is 33.7 Å². The summed E-state index contributed by atoms with van der Waals surface area (Å²) in [6.45, 7) is -0.102. The third-order valence-corrected chi connectivity index (χ3v) is 3.14. The van der Waals surface area contributed by atoms with E-state index in [1.54, 1.807) is 0 Å². The molecule has 1 atom stereocenters. The van der Waals surface area contributed by atoms with Gasteiger partial charge in [0.05, 0.1) is 19.6 Å². The van der Waals surface area contributed by atoms with Gasteiger partial charge in [-0.15, -0.1) is 0 Å². The maximum Gasteiger partial charge on any atom is 0.327 e. The van der Waals surface area contributed by atoms with Gasteiger partial charge in [-0.1, -0.05) is 0 Å². The Morgan fingerprint density at radius 1 is 1.00 bits per heavy atom. The molecule has 0 aliphatic rings. The lowest BCUT2D eigenvalue weighted by Gasteiger charge is -2.12. The minimum atomic E-state index is -4.77. The van der Waals surface area contributed by atoms with Crippen molar-refractivity contribution in [1.29, 1.82) is 0 Å². The maximum atomic E-state index is 11.5. The highest BCUT2D eigenvalue weighted by atomic mass is 32.2. The monoisotopic (exact) mass is 314 g/mol. The van der Waals surface area contributed by atoms with Crippen LogP contribution in [0.15, 0.2) is 0 Å². The molecule has 10 heteroatoms. The van der Waals surface area contributed by atoms with E-state index in [1.807, 2.05) is 0 Å². The van der Waals surface area contributed by atoms with Crippen molar-refractivity contribution in [2.75, 3.05) is 40.6 Å². The molecule has 0 aromatic carbocycles. The van der Waals surface area contributed by atoms with E-state index in [0.29, 0.717) is 0 Å². The van der Waals surface area contributed by atoms with Gasteiger partial charge in [0.25, 0.3) is 10.1 Å². The van der Waals surface area contributed by atoms with Crippen molar-refractivity contribution in [2.45, 2.75) is 11.7 Å². The predicted octanol–water partition coefficient (Wildman–Crippen LogP) is -0.988. The first-order valence-electron chi connectivity index (χ1n) is 5.59. The Labute approximate surface area is 116 Å². The van der Waals surface area contributed by atoms with Gasteiger partial charge in [0.2, 0.25) is 0 Å². The maximum absolute atomic E-state index is 11.5. The van der Waals surface area contributed by atoms with Gasteiger partial charge in [-0.3, -0.25) is 14.1 Å². The molecule has 0 bridgehead atoms. The van der Waals surface area contributed by atoms with Crippen LogP contribution >= 0.6 is 0 Å². The van der Waals surface area contributed by atoms with Crippen LogP contribution in [0.25, 0.3) is 0 Å². The molecule has 1 N–H and O–H groups in total. The van der Waals surface area contributed by atoms with Crippen molar-refractivity contribution in [3.8, 4) is 0 Å². The van der Waals surface area contributed by atoms with E-state index >= 15 is 0 Å². The van der Waals surface area contributed by atoms with Gasteiger partial charge in [-0.2, -0.15) is 8.42 Å². The fraction of sp³-hybridized carbons (Fsp3) is 0.800. The number of ether oxygens (including phenoxy) is 4. The third kappa shape index (κ3) is 8.04. The molecule has 118 valence electrons. The molecule has 9 nitrogen and oxygen atoms in total. The van der Waals surface area contributed by atoms with Crippen LogP contribution in [0.3, 0.4) is 0 Å². The molecular weight excluding hydrogens is 296 g/mol. The second-order valence-electron chi connectivity index (χ2n) is 3.58. The van der Waals surface area contributed by atoms with Crippen molar-refractivity contribution < 1.29 is 41.5 Å². The van der Waals surface area contributed by atoms with Gasteiger partial charge in [0.15, 0.2) is 5.25 Å². The summed E-state index contributed by atoms with van der Waals surface area (Å²) in [5, 5.41) is -2.02. The minimum absolute atomic E-state index is 0.0578. The highest BCUT2D eigenvalue weighted by Crippen LogP contribution is 2.08. The molecule has 1 unspecified atom stereocenters. The Balaban J connectivity index is 4.50. The number of hydrogen-bond donors (Lipinski definition) is 1. The van der Waals surface area contributed by atoms with Crippen LogP contribution in [0.2, 0.25) is 0 Å². The summed E-state index contributed by atoms with van der Waals surface area (Å²) >= 11 is 0. The molecule has 0 saturated heterocycles. The van der Waals surface area contributed by atoms with Gasteiger partial charge in [-0.05, 0) is 0 Å². The highest BCUT2D eigenvalue weighted by Gasteiger charge is 2.35. The zero-order chi connectivity index (χ0) is 15.6. The first kappa shape index (κ1) is 18.8. The van der Waals surface area contributed by atoms with Crippen molar-refractivity contribution in [3.63, 3.8) is 0 Å². The van der Waals surface area contributed by atoms with Crippen LogP contribution in [0.4, 0.5) is 0 Å². The average molecular weight is 314 g/mol. The molecule has 0 aliphatic heterocycles. The lowest BCUT2D eigenvalue weighted by Crippen LogP contribution is -2.35. The first-order chi connectivity index (χ1) is 9.32. The number of methoxy groups -OCH3 is 2. The summed E-state index contributed by atoms with van der Waals surface area (Å²) in [6, 6.07) is 0. The Hall–Kier alpha value is -1.23. The van der Waals surface area contributed by atoms with Gasteiger partial charge >= 0.3 is 11.9 Å². The summed E-state index contributed by atoms with van der Waals surface area (Å²) in [4.78, 5) is 22.8. The fourth-order valence-electron chi connectivity index (χ4n) is 1.08. The molecule has 0 aromatic rings. The third-order valence-electron chi connectivity index (χ3n) is 2.06. The molecule has 0 heterocycles. The van der Waals surface area contributed by atoms with Crippen molar-refractivity contribution in [1.82, 2.24) is 0 Å². The van der Waals surface area contributed by atoms with Crippen molar-refractivity contribution in [2.24, 2.45) is 0 Å². The first-order valence-corrected chi connectivity index (χ1v) is 7.09. The standard InChI is InChI=1S/C10H18O9S/c1-16-3-5-18-9(11)7-8(20(13,14)15)10(12)19-6-4-17-2/h8H,3-7H2,1-2H3,(H,13,14,15). The van der Waals surface area contributed by atoms with E-state index in [-0.39, 0.29) is 26.4 Å². The second-order valence-corrected chi connectivity index (χ2v) is 5.18. The van der Waals surface area contributed by atoms with Crippen LogP contribution in [0.1, 0.15) is 6.42 Å². The average Bonchev–Trinajstić information content (AvgIpc) is 2.35. The normalized spacial score (nSPS) is 12.8. The van der Waals surface area contributed by atoms with Crippen LogP contribution in [-0.2, 0) is 38.7 Å². The number of hydrogen-bond acceptors (Lipinski definition) is 8. The largest absolute Gasteiger partial charge is 0.463 e. The summed E-state index contributed by atoms with van der Waals surface area (Å²) in [7, 11) is -2.02. The lowest BCUT2D eigenvalue weighted by atomic mass is 10.3. The number of carbonyl (C=O) groups excluding carboxylic acids is 2. The molecule has 0 aliphatic carbocycles. The molecule has 0 saturated carbocycles. The Bertz CT molecular complexity index is 403. The Kier molecular flexibility index (Phi) is 9.05. The fourth-order valence-corrected chi connectivity index (χ4v) is 1.74. The van der Waals surface area contributed by atoms with Gasteiger partial charge in [0.1, 0.15) is 13.2 Å². The Morgan fingerprint density at radius 2 is 1.50 bits per heavy atom. The van der Waals surface area contributed by atoms with Crippen LogP contribution in [0, 0.1) is 0 Å². The summed E-state index contributed by atoms with van der Waals surface area (Å²) in [5.41, 5.74) is 0. The van der Waals surface area contributed by atoms with E-state index in [0.717, 1.165) is 0 Å². The van der Waals surface area contributed by atoms with Gasteiger partial charge in [-0.25, -0.2) is 0 Å². The molecular formula is C10H18O9S. The van der Waals surface area contributed by atoms with Crippen LogP contribution in [-0.4, -0.2) is 70.8 Å². The second kappa shape index (κ2) is 9.64. The number of esters is 2. The molecule has 0 aromatic heterocycles. The number of carbonyl (C=O) groups is 2. The van der Waals surface area contributed by atoms with E-state index in [4.69, 9.17) is 4.55 Å². The zero-order valence-corrected chi connectivity index (χ0v) is 12.1. The molecule has 20 heavy (non-hydrogen) atoms. The highest BCUT2D eigenvalue weighted by molar-refractivity contribution is 7.87. The smallest absolute Gasteiger partial charge is 0.327 e. The zero-order valence-electron chi connectivity index (χ0n) is 11.2.